The molecule has 1 aromatic rings. The summed E-state index contributed by atoms with van der Waals surface area (Å²) >= 11 is 0. The van der Waals surface area contributed by atoms with Crippen LogP contribution in [0.25, 0.3) is 0 Å². The number of rotatable bonds is 2. The molecule has 0 bridgehead atoms. The maximum atomic E-state index is 13.7. The van der Waals surface area contributed by atoms with Crippen molar-refractivity contribution in [2.24, 2.45) is 5.73 Å². The summed E-state index contributed by atoms with van der Waals surface area (Å²) in [5.74, 6) is -0.229. The molecule has 0 spiro atoms. The van der Waals surface area contributed by atoms with Crippen molar-refractivity contribution >= 4 is 11.7 Å². The number of nitrogens with one attached hydrogen (secondary N) is 1. The average molecular weight is 251 g/mol. The maximum Gasteiger partial charge on any atom is 0.314 e. The first-order chi connectivity index (χ1) is 8.58. The lowest BCUT2D eigenvalue weighted by atomic mass is 10.0. The molecule has 5 heteroatoms. The van der Waals surface area contributed by atoms with Crippen LogP contribution in [-0.2, 0) is 0 Å². The van der Waals surface area contributed by atoms with Crippen LogP contribution in [-0.4, -0.2) is 30.1 Å². The van der Waals surface area contributed by atoms with Crippen LogP contribution in [0.4, 0.5) is 14.9 Å². The van der Waals surface area contributed by atoms with E-state index in [1.165, 1.54) is 6.07 Å². The number of anilines is 1. The Morgan fingerprint density at radius 1 is 1.44 bits per heavy atom. The molecular formula is C13H18FN3O. The van der Waals surface area contributed by atoms with Gasteiger partial charge in [0.1, 0.15) is 5.82 Å². The van der Waals surface area contributed by atoms with Gasteiger partial charge in [-0.15, -0.1) is 0 Å². The lowest BCUT2D eigenvalue weighted by Crippen LogP contribution is -2.44. The fourth-order valence-electron chi connectivity index (χ4n) is 2.26. The van der Waals surface area contributed by atoms with E-state index in [4.69, 9.17) is 5.73 Å². The first-order valence-corrected chi connectivity index (χ1v) is 6.14. The van der Waals surface area contributed by atoms with Gasteiger partial charge in [0.2, 0.25) is 0 Å². The van der Waals surface area contributed by atoms with Crippen LogP contribution in [0.3, 0.4) is 0 Å². The largest absolute Gasteiger partial charge is 0.380 e. The molecule has 1 aliphatic heterocycles. The van der Waals surface area contributed by atoms with Crippen molar-refractivity contribution in [3.8, 4) is 0 Å². The van der Waals surface area contributed by atoms with Crippen LogP contribution in [0.5, 0.6) is 0 Å². The smallest absolute Gasteiger partial charge is 0.314 e. The van der Waals surface area contributed by atoms with Gasteiger partial charge >= 0.3 is 6.03 Å². The Hall–Kier alpha value is -1.78. The van der Waals surface area contributed by atoms with E-state index >= 15 is 0 Å². The number of halogens is 1. The van der Waals surface area contributed by atoms with Crippen LogP contribution < -0.4 is 11.1 Å². The van der Waals surface area contributed by atoms with E-state index in [1.54, 1.807) is 11.0 Å². The molecule has 2 amide bonds. The zero-order valence-corrected chi connectivity index (χ0v) is 10.4. The molecule has 0 aliphatic carbocycles. The van der Waals surface area contributed by atoms with Gasteiger partial charge in [-0.2, -0.15) is 0 Å². The van der Waals surface area contributed by atoms with Crippen molar-refractivity contribution in [1.82, 2.24) is 4.90 Å². The quantitative estimate of drug-likeness (QED) is 0.845. The lowest BCUT2D eigenvalue weighted by Gasteiger charge is -2.32. The van der Waals surface area contributed by atoms with Gasteiger partial charge in [0.15, 0.2) is 0 Å². The minimum Gasteiger partial charge on any atom is -0.380 e. The third-order valence-electron chi connectivity index (χ3n) is 3.38. The summed E-state index contributed by atoms with van der Waals surface area (Å²) in [7, 11) is 0. The Bertz CT molecular complexity index is 422. The minimum absolute atomic E-state index is 0.191. The number of urea groups is 1. The highest BCUT2D eigenvalue weighted by Gasteiger charge is 2.22. The second-order valence-electron chi connectivity index (χ2n) is 4.68. The molecule has 1 fully saturated rings. The number of carbonyl (C=O) groups excluding carboxylic acids is 1. The van der Waals surface area contributed by atoms with E-state index in [2.05, 4.69) is 5.32 Å². The Balaban J connectivity index is 1.98. The number of hydrogen-bond donors (Lipinski definition) is 2. The molecule has 0 aromatic heterocycles. The van der Waals surface area contributed by atoms with E-state index in [1.807, 2.05) is 13.0 Å². The number of amides is 2. The second-order valence-corrected chi connectivity index (χ2v) is 4.68. The molecule has 4 nitrogen and oxygen atoms in total. The molecule has 0 unspecified atom stereocenters. The maximum absolute atomic E-state index is 13.7. The van der Waals surface area contributed by atoms with Gasteiger partial charge in [0.05, 0.1) is 5.69 Å². The van der Waals surface area contributed by atoms with Crippen molar-refractivity contribution in [3.63, 3.8) is 0 Å². The lowest BCUT2D eigenvalue weighted by molar-refractivity contribution is 0.193. The van der Waals surface area contributed by atoms with Crippen LogP contribution >= 0.6 is 0 Å². The number of primary amides is 1. The van der Waals surface area contributed by atoms with E-state index in [9.17, 15) is 9.18 Å². The van der Waals surface area contributed by atoms with Gasteiger partial charge in [0.25, 0.3) is 0 Å². The number of carbonyl (C=O) groups is 1. The van der Waals surface area contributed by atoms with Crippen molar-refractivity contribution in [1.29, 1.82) is 0 Å². The number of nitrogens with zero attached hydrogens (tertiary/aromatic N) is 1. The first kappa shape index (κ1) is 12.7. The van der Waals surface area contributed by atoms with E-state index in [0.29, 0.717) is 18.8 Å². The Morgan fingerprint density at radius 2 is 2.11 bits per heavy atom. The number of likely N-dealkylation sites (tertiary alicyclic amines) is 1. The number of para-hydroxylation sites is 1. The molecule has 2 rings (SSSR count). The Morgan fingerprint density at radius 3 is 2.67 bits per heavy atom. The highest BCUT2D eigenvalue weighted by atomic mass is 19.1. The van der Waals surface area contributed by atoms with Crippen LogP contribution in [0.1, 0.15) is 18.4 Å². The third-order valence-corrected chi connectivity index (χ3v) is 3.38. The molecule has 1 heterocycles. The summed E-state index contributed by atoms with van der Waals surface area (Å²) in [6, 6.07) is 4.84. The zero-order chi connectivity index (χ0) is 13.1. The second kappa shape index (κ2) is 5.25. The van der Waals surface area contributed by atoms with E-state index in [-0.39, 0.29) is 17.9 Å². The molecule has 1 aromatic carbocycles. The number of nitrogens with two attached hydrogens (primary N) is 1. The Kier molecular flexibility index (Phi) is 3.69. The van der Waals surface area contributed by atoms with Gasteiger partial charge in [-0.3, -0.25) is 0 Å². The first-order valence-electron chi connectivity index (χ1n) is 6.14. The number of benzene rings is 1. The number of hydrogen-bond acceptors (Lipinski definition) is 2. The summed E-state index contributed by atoms with van der Waals surface area (Å²) in [5.41, 5.74) is 6.68. The summed E-state index contributed by atoms with van der Waals surface area (Å²) in [6.45, 7) is 3.13. The zero-order valence-electron chi connectivity index (χ0n) is 10.4. The molecule has 18 heavy (non-hydrogen) atoms. The van der Waals surface area contributed by atoms with Gasteiger partial charge in [-0.1, -0.05) is 12.1 Å². The normalized spacial score (nSPS) is 16.7. The van der Waals surface area contributed by atoms with Crippen molar-refractivity contribution in [3.05, 3.63) is 29.6 Å². The fourth-order valence-corrected chi connectivity index (χ4v) is 2.26. The fraction of sp³-hybridized carbons (Fsp3) is 0.462. The number of piperidine rings is 1. The molecule has 0 saturated carbocycles. The van der Waals surface area contributed by atoms with Gasteiger partial charge in [0, 0.05) is 19.1 Å². The SMILES string of the molecule is Cc1cccc(F)c1NC1CCN(C(N)=O)CC1. The van der Waals surface area contributed by atoms with Gasteiger partial charge < -0.3 is 16.0 Å². The highest BCUT2D eigenvalue weighted by molar-refractivity contribution is 5.72. The predicted octanol–water partition coefficient (Wildman–Crippen LogP) is 2.09. The third kappa shape index (κ3) is 2.72. The molecule has 1 aliphatic rings. The standard InChI is InChI=1S/C13H18FN3O/c1-9-3-2-4-11(14)12(9)16-10-5-7-17(8-6-10)13(15)18/h2-4,10,16H,5-8H2,1H3,(H2,15,18). The molecule has 0 atom stereocenters. The van der Waals surface area contributed by atoms with Crippen LogP contribution in [0.2, 0.25) is 0 Å². The number of aryl methyl sites for hydroxylation is 1. The monoisotopic (exact) mass is 251 g/mol. The summed E-state index contributed by atoms with van der Waals surface area (Å²) in [6.07, 6.45) is 1.58. The summed E-state index contributed by atoms with van der Waals surface area (Å²) in [5, 5.41) is 3.22. The van der Waals surface area contributed by atoms with Crippen molar-refractivity contribution in [2.45, 2.75) is 25.8 Å². The molecule has 1 saturated heterocycles. The van der Waals surface area contributed by atoms with Crippen LogP contribution in [0.15, 0.2) is 18.2 Å². The van der Waals surface area contributed by atoms with Gasteiger partial charge in [-0.05, 0) is 31.4 Å². The highest BCUT2D eigenvalue weighted by Crippen LogP contribution is 2.22. The van der Waals surface area contributed by atoms with Crippen LogP contribution in [0, 0.1) is 12.7 Å². The average Bonchev–Trinajstić information content (AvgIpc) is 2.34. The molecule has 0 radical (unpaired) electrons. The van der Waals surface area contributed by atoms with E-state index < -0.39 is 0 Å². The van der Waals surface area contributed by atoms with E-state index in [0.717, 1.165) is 18.4 Å². The molecule has 98 valence electrons. The molecule has 3 N–H and O–H groups in total. The minimum atomic E-state index is -0.379. The predicted molar refractivity (Wildman–Crippen MR) is 68.9 cm³/mol. The summed E-state index contributed by atoms with van der Waals surface area (Å²) < 4.78 is 13.7. The van der Waals surface area contributed by atoms with Gasteiger partial charge in [-0.25, -0.2) is 9.18 Å². The topological polar surface area (TPSA) is 58.4 Å². The van der Waals surface area contributed by atoms with Crippen molar-refractivity contribution in [2.75, 3.05) is 18.4 Å². The summed E-state index contributed by atoms with van der Waals surface area (Å²) in [4.78, 5) is 12.6. The van der Waals surface area contributed by atoms with Crippen molar-refractivity contribution < 1.29 is 9.18 Å². The Labute approximate surface area is 106 Å². The molecular weight excluding hydrogens is 233 g/mol.